The average Bonchev–Trinajstić information content (AvgIpc) is 2.62. The van der Waals surface area contributed by atoms with Gasteiger partial charge in [-0.15, -0.1) is 0 Å². The lowest BCUT2D eigenvalue weighted by Crippen LogP contribution is -2.45. The lowest BCUT2D eigenvalue weighted by molar-refractivity contribution is -0.116. The van der Waals surface area contributed by atoms with Gasteiger partial charge in [-0.05, 0) is 56.7 Å². The summed E-state index contributed by atoms with van der Waals surface area (Å²) in [5, 5.41) is 19.3. The van der Waals surface area contributed by atoms with Crippen LogP contribution in [0.15, 0.2) is 29.3 Å². The van der Waals surface area contributed by atoms with Gasteiger partial charge in [0.05, 0.1) is 12.6 Å². The Kier molecular flexibility index (Phi) is 8.41. The first-order valence-electron chi connectivity index (χ1n) is 9.72. The fourth-order valence-electron chi connectivity index (χ4n) is 3.10. The van der Waals surface area contributed by atoms with Gasteiger partial charge in [0.1, 0.15) is 0 Å². The third kappa shape index (κ3) is 7.04. The van der Waals surface area contributed by atoms with E-state index < -0.39 is 0 Å². The summed E-state index contributed by atoms with van der Waals surface area (Å²) >= 11 is 0. The van der Waals surface area contributed by atoms with Crippen LogP contribution in [-0.2, 0) is 11.3 Å². The zero-order valence-electron chi connectivity index (χ0n) is 15.9. The molecule has 0 heterocycles. The second-order valence-corrected chi connectivity index (χ2v) is 6.84. The van der Waals surface area contributed by atoms with E-state index >= 15 is 0 Å². The molecule has 0 saturated heterocycles. The molecule has 144 valence electrons. The number of anilines is 1. The molecule has 6 heteroatoms. The summed E-state index contributed by atoms with van der Waals surface area (Å²) < 4.78 is 0. The largest absolute Gasteiger partial charge is 0.393 e. The van der Waals surface area contributed by atoms with Crippen molar-refractivity contribution in [3.63, 3.8) is 0 Å². The SMILES string of the molecule is CCCC(=O)Nc1cccc(CN=C(NCC)NC2CCC(O)CC2)c1. The van der Waals surface area contributed by atoms with E-state index in [0.29, 0.717) is 19.0 Å². The van der Waals surface area contributed by atoms with Gasteiger partial charge in [-0.25, -0.2) is 4.99 Å². The molecule has 0 unspecified atom stereocenters. The number of amides is 1. The number of aliphatic hydroxyl groups is 1. The van der Waals surface area contributed by atoms with Crippen LogP contribution in [0.1, 0.15) is 57.9 Å². The summed E-state index contributed by atoms with van der Waals surface area (Å²) in [6, 6.07) is 8.18. The summed E-state index contributed by atoms with van der Waals surface area (Å²) in [5.41, 5.74) is 1.87. The summed E-state index contributed by atoms with van der Waals surface area (Å²) in [4.78, 5) is 16.4. The van der Waals surface area contributed by atoms with Gasteiger partial charge >= 0.3 is 0 Å². The van der Waals surface area contributed by atoms with Gasteiger partial charge in [0.25, 0.3) is 0 Å². The van der Waals surface area contributed by atoms with Crippen LogP contribution >= 0.6 is 0 Å². The van der Waals surface area contributed by atoms with Gasteiger partial charge in [0, 0.05) is 24.7 Å². The Morgan fingerprint density at radius 3 is 2.69 bits per heavy atom. The maximum absolute atomic E-state index is 11.7. The second kappa shape index (κ2) is 10.8. The molecule has 4 N–H and O–H groups in total. The minimum atomic E-state index is -0.154. The lowest BCUT2D eigenvalue weighted by atomic mass is 9.93. The zero-order valence-corrected chi connectivity index (χ0v) is 15.9. The maximum atomic E-state index is 11.7. The van der Waals surface area contributed by atoms with Crippen LogP contribution < -0.4 is 16.0 Å². The van der Waals surface area contributed by atoms with Crippen LogP contribution in [0.3, 0.4) is 0 Å². The average molecular weight is 361 g/mol. The molecule has 0 bridgehead atoms. The number of aliphatic imine (C=N–C) groups is 1. The highest BCUT2D eigenvalue weighted by Gasteiger charge is 2.19. The molecule has 1 amide bonds. The zero-order chi connectivity index (χ0) is 18.8. The number of hydrogen-bond donors (Lipinski definition) is 4. The topological polar surface area (TPSA) is 85.8 Å². The van der Waals surface area contributed by atoms with E-state index in [1.807, 2.05) is 38.1 Å². The van der Waals surface area contributed by atoms with Crippen LogP contribution in [0, 0.1) is 0 Å². The molecular weight excluding hydrogens is 328 g/mol. The van der Waals surface area contributed by atoms with E-state index in [1.165, 1.54) is 0 Å². The number of aliphatic hydroxyl groups excluding tert-OH is 1. The molecule has 0 aliphatic heterocycles. The van der Waals surface area contributed by atoms with Crippen molar-refractivity contribution >= 4 is 17.6 Å². The van der Waals surface area contributed by atoms with E-state index in [9.17, 15) is 9.90 Å². The van der Waals surface area contributed by atoms with Gasteiger partial charge in [0.15, 0.2) is 5.96 Å². The monoisotopic (exact) mass is 360 g/mol. The van der Waals surface area contributed by atoms with Crippen LogP contribution in [0.4, 0.5) is 5.69 Å². The van der Waals surface area contributed by atoms with Crippen molar-refractivity contribution in [1.29, 1.82) is 0 Å². The highest BCUT2D eigenvalue weighted by molar-refractivity contribution is 5.90. The summed E-state index contributed by atoms with van der Waals surface area (Å²) in [6.07, 6.45) is 4.83. The summed E-state index contributed by atoms with van der Waals surface area (Å²) in [6.45, 7) is 5.38. The molecule has 1 aliphatic carbocycles. The number of nitrogens with zero attached hydrogens (tertiary/aromatic N) is 1. The van der Waals surface area contributed by atoms with E-state index in [-0.39, 0.29) is 12.0 Å². The van der Waals surface area contributed by atoms with Gasteiger partial charge in [-0.3, -0.25) is 4.79 Å². The molecule has 1 saturated carbocycles. The van der Waals surface area contributed by atoms with E-state index in [1.54, 1.807) is 0 Å². The predicted molar refractivity (Wildman–Crippen MR) is 106 cm³/mol. The van der Waals surface area contributed by atoms with Crippen molar-refractivity contribution in [2.75, 3.05) is 11.9 Å². The Balaban J connectivity index is 1.94. The molecule has 26 heavy (non-hydrogen) atoms. The molecule has 6 nitrogen and oxygen atoms in total. The van der Waals surface area contributed by atoms with Crippen LogP contribution in [-0.4, -0.2) is 35.7 Å². The Morgan fingerprint density at radius 2 is 2.00 bits per heavy atom. The number of benzene rings is 1. The molecule has 0 atom stereocenters. The van der Waals surface area contributed by atoms with Crippen molar-refractivity contribution in [2.45, 2.75) is 71.1 Å². The Morgan fingerprint density at radius 1 is 1.23 bits per heavy atom. The van der Waals surface area contributed by atoms with E-state index in [4.69, 9.17) is 0 Å². The van der Waals surface area contributed by atoms with Crippen molar-refractivity contribution < 1.29 is 9.90 Å². The quantitative estimate of drug-likeness (QED) is 0.445. The fraction of sp³-hybridized carbons (Fsp3) is 0.600. The van der Waals surface area contributed by atoms with Crippen LogP contribution in [0.2, 0.25) is 0 Å². The van der Waals surface area contributed by atoms with E-state index in [0.717, 1.165) is 55.9 Å². The number of nitrogens with one attached hydrogen (secondary N) is 3. The summed E-state index contributed by atoms with van der Waals surface area (Å²) in [5.74, 6) is 0.844. The molecule has 0 aromatic heterocycles. The van der Waals surface area contributed by atoms with Crippen molar-refractivity contribution in [3.8, 4) is 0 Å². The smallest absolute Gasteiger partial charge is 0.224 e. The summed E-state index contributed by atoms with van der Waals surface area (Å²) in [7, 11) is 0. The molecule has 0 spiro atoms. The predicted octanol–water partition coefficient (Wildman–Crippen LogP) is 2.78. The van der Waals surface area contributed by atoms with Crippen molar-refractivity contribution in [3.05, 3.63) is 29.8 Å². The van der Waals surface area contributed by atoms with Gasteiger partial charge < -0.3 is 21.1 Å². The maximum Gasteiger partial charge on any atom is 0.224 e. The highest BCUT2D eigenvalue weighted by Crippen LogP contribution is 2.18. The number of carbonyl (C=O) groups excluding carboxylic acids is 1. The first-order chi connectivity index (χ1) is 12.6. The fourth-order valence-corrected chi connectivity index (χ4v) is 3.10. The molecule has 1 aliphatic rings. The molecule has 0 radical (unpaired) electrons. The molecule has 1 fully saturated rings. The molecule has 1 aromatic rings. The molecule has 2 rings (SSSR count). The number of hydrogen-bond acceptors (Lipinski definition) is 3. The third-order valence-electron chi connectivity index (χ3n) is 4.49. The first-order valence-corrected chi connectivity index (χ1v) is 9.72. The van der Waals surface area contributed by atoms with Crippen molar-refractivity contribution in [1.82, 2.24) is 10.6 Å². The highest BCUT2D eigenvalue weighted by atomic mass is 16.3. The normalized spacial score (nSPS) is 20.5. The third-order valence-corrected chi connectivity index (χ3v) is 4.49. The standard InChI is InChI=1S/C20H32N4O2/c1-3-6-19(26)23-17-8-5-7-15(13-17)14-22-20(21-4-2)24-16-9-11-18(25)12-10-16/h5,7-8,13,16,18,25H,3-4,6,9-12,14H2,1-2H3,(H,23,26)(H2,21,22,24). The van der Waals surface area contributed by atoms with E-state index in [2.05, 4.69) is 20.9 Å². The van der Waals surface area contributed by atoms with Gasteiger partial charge in [-0.2, -0.15) is 0 Å². The Hall–Kier alpha value is -2.08. The minimum absolute atomic E-state index is 0.0441. The minimum Gasteiger partial charge on any atom is -0.393 e. The van der Waals surface area contributed by atoms with Gasteiger partial charge in [0.2, 0.25) is 5.91 Å². The van der Waals surface area contributed by atoms with Gasteiger partial charge in [-0.1, -0.05) is 19.1 Å². The Bertz CT molecular complexity index is 595. The second-order valence-electron chi connectivity index (χ2n) is 6.84. The number of carbonyl (C=O) groups is 1. The van der Waals surface area contributed by atoms with Crippen LogP contribution in [0.25, 0.3) is 0 Å². The van der Waals surface area contributed by atoms with Crippen molar-refractivity contribution in [2.24, 2.45) is 4.99 Å². The number of rotatable bonds is 7. The lowest BCUT2D eigenvalue weighted by Gasteiger charge is -2.27. The molecule has 1 aromatic carbocycles. The molecular formula is C20H32N4O2. The first kappa shape index (κ1) is 20.2. The number of guanidine groups is 1. The van der Waals surface area contributed by atoms with Crippen LogP contribution in [0.5, 0.6) is 0 Å². The Labute approximate surface area is 156 Å².